The summed E-state index contributed by atoms with van der Waals surface area (Å²) in [6.45, 7) is 8.45. The molecule has 3 aromatic heterocycles. The molecule has 8 rings (SSSR count). The molecule has 0 fully saturated rings. The van der Waals surface area contributed by atoms with Gasteiger partial charge in [0.05, 0.1) is 23.2 Å². The zero-order valence-electron chi connectivity index (χ0n) is 24.3. The molecular formula is C36H29IrN6. The Kier molecular flexibility index (Phi) is 7.70. The first kappa shape index (κ1) is 28.5. The number of imidazole rings is 1. The third-order valence-electron chi connectivity index (χ3n) is 7.77. The summed E-state index contributed by atoms with van der Waals surface area (Å²) in [6, 6.07) is 33.7. The topological polar surface area (TPSA) is 49.6 Å². The molecule has 0 saturated heterocycles. The van der Waals surface area contributed by atoms with Crippen molar-refractivity contribution in [3.8, 4) is 11.3 Å². The Labute approximate surface area is 265 Å². The van der Waals surface area contributed by atoms with Crippen molar-refractivity contribution in [3.63, 3.8) is 0 Å². The molecule has 7 aromatic rings. The zero-order valence-corrected chi connectivity index (χ0v) is 26.7. The van der Waals surface area contributed by atoms with E-state index >= 15 is 0 Å². The second-order valence-corrected chi connectivity index (χ2v) is 10.6. The number of hydrogen-bond acceptors (Lipinski definition) is 5. The van der Waals surface area contributed by atoms with Gasteiger partial charge in [-0.1, -0.05) is 41.3 Å². The molecule has 0 aliphatic carbocycles. The molecular weight excluding hydrogens is 709 g/mol. The van der Waals surface area contributed by atoms with Gasteiger partial charge >= 0.3 is 20.1 Å². The molecule has 4 aromatic carbocycles. The fraction of sp³-hybridized carbons (Fsp3) is 0.111. The van der Waals surface area contributed by atoms with Gasteiger partial charge in [0.1, 0.15) is 12.1 Å². The maximum Gasteiger partial charge on any atom is 3.00 e. The van der Waals surface area contributed by atoms with Gasteiger partial charge in [0.25, 0.3) is 0 Å². The van der Waals surface area contributed by atoms with Gasteiger partial charge in [-0.15, -0.1) is 35.3 Å². The van der Waals surface area contributed by atoms with E-state index in [1.54, 1.807) is 6.33 Å². The Bertz CT molecular complexity index is 2070. The summed E-state index contributed by atoms with van der Waals surface area (Å²) in [5.41, 5.74) is 10.3. The Hall–Kier alpha value is -4.58. The van der Waals surface area contributed by atoms with Crippen molar-refractivity contribution in [2.45, 2.75) is 20.8 Å². The average Bonchev–Trinajstić information content (AvgIpc) is 3.60. The van der Waals surface area contributed by atoms with Crippen LogP contribution in [0.2, 0.25) is 0 Å². The normalized spacial score (nSPS) is 12.3. The predicted octanol–water partition coefficient (Wildman–Crippen LogP) is 8.01. The van der Waals surface area contributed by atoms with Crippen molar-refractivity contribution in [1.29, 1.82) is 0 Å². The molecule has 0 bridgehead atoms. The summed E-state index contributed by atoms with van der Waals surface area (Å²) in [7, 11) is 1.97. The maximum atomic E-state index is 4.81. The van der Waals surface area contributed by atoms with Crippen LogP contribution < -0.4 is 9.80 Å². The second-order valence-electron chi connectivity index (χ2n) is 10.6. The predicted molar refractivity (Wildman–Crippen MR) is 171 cm³/mol. The Morgan fingerprint density at radius 1 is 0.791 bits per heavy atom. The number of para-hydroxylation sites is 1. The van der Waals surface area contributed by atoms with Gasteiger partial charge in [-0.25, -0.2) is 9.97 Å². The molecule has 6 nitrogen and oxygen atoms in total. The van der Waals surface area contributed by atoms with Crippen LogP contribution >= 0.6 is 0 Å². The molecule has 0 spiro atoms. The van der Waals surface area contributed by atoms with Crippen LogP contribution in [-0.4, -0.2) is 26.4 Å². The minimum absolute atomic E-state index is 0. The molecule has 0 saturated carbocycles. The van der Waals surface area contributed by atoms with Crippen LogP contribution in [0, 0.1) is 39.6 Å². The Morgan fingerprint density at radius 2 is 1.60 bits per heavy atom. The molecule has 43 heavy (non-hydrogen) atoms. The van der Waals surface area contributed by atoms with Crippen LogP contribution in [0.3, 0.4) is 0 Å². The fourth-order valence-electron chi connectivity index (χ4n) is 5.85. The molecule has 0 N–H and O–H groups in total. The quantitative estimate of drug-likeness (QED) is 0.133. The summed E-state index contributed by atoms with van der Waals surface area (Å²) in [4.78, 5) is 17.1. The number of aryl methyl sites for hydroxylation is 3. The van der Waals surface area contributed by atoms with Crippen LogP contribution in [0.5, 0.6) is 0 Å². The van der Waals surface area contributed by atoms with Crippen molar-refractivity contribution in [1.82, 2.24) is 19.4 Å². The van der Waals surface area contributed by atoms with Crippen molar-refractivity contribution >= 4 is 44.5 Å². The SMILES string of the molecule is CN1[CH-]N(c2[c-]cccc2)c2cncnc21.Cc1ccc2c(c1)c1ccc[c-]c1c1ncc(-c3c(C)cccc3C)n21.[Ir+3]. The Morgan fingerprint density at radius 3 is 2.40 bits per heavy atom. The molecule has 212 valence electrons. The monoisotopic (exact) mass is 738 g/mol. The van der Waals surface area contributed by atoms with Gasteiger partial charge in [0.2, 0.25) is 0 Å². The van der Waals surface area contributed by atoms with E-state index in [0.29, 0.717) is 0 Å². The van der Waals surface area contributed by atoms with Gasteiger partial charge in [-0.3, -0.25) is 4.98 Å². The minimum Gasteiger partial charge on any atom is -0.491 e. The summed E-state index contributed by atoms with van der Waals surface area (Å²) in [6.07, 6.45) is 5.37. The van der Waals surface area contributed by atoms with Crippen molar-refractivity contribution in [2.75, 3.05) is 16.8 Å². The molecule has 0 atom stereocenters. The van der Waals surface area contributed by atoms with E-state index in [1.807, 2.05) is 66.2 Å². The van der Waals surface area contributed by atoms with Gasteiger partial charge in [0.15, 0.2) is 0 Å². The van der Waals surface area contributed by atoms with Crippen molar-refractivity contribution in [3.05, 3.63) is 133 Å². The summed E-state index contributed by atoms with van der Waals surface area (Å²) < 4.78 is 2.29. The largest absolute Gasteiger partial charge is 3.00 e. The van der Waals surface area contributed by atoms with Crippen molar-refractivity contribution < 1.29 is 20.1 Å². The molecule has 0 amide bonds. The fourth-order valence-corrected chi connectivity index (χ4v) is 5.85. The number of aromatic nitrogens is 4. The number of anilines is 3. The van der Waals surface area contributed by atoms with Gasteiger partial charge in [0, 0.05) is 17.3 Å². The van der Waals surface area contributed by atoms with E-state index in [-0.39, 0.29) is 20.1 Å². The molecule has 4 heterocycles. The van der Waals surface area contributed by atoms with Crippen LogP contribution in [0.4, 0.5) is 17.2 Å². The molecule has 1 aliphatic rings. The Balaban J connectivity index is 0.000000167. The van der Waals surface area contributed by atoms with Gasteiger partial charge in [-0.05, 0) is 50.4 Å². The zero-order chi connectivity index (χ0) is 28.8. The van der Waals surface area contributed by atoms with E-state index in [2.05, 4.69) is 95.8 Å². The van der Waals surface area contributed by atoms with E-state index in [0.717, 1.165) is 33.9 Å². The number of fused-ring (bicyclic) bond motifs is 7. The third kappa shape index (κ3) is 4.95. The second kappa shape index (κ2) is 11.6. The van der Waals surface area contributed by atoms with E-state index in [1.165, 1.54) is 38.5 Å². The van der Waals surface area contributed by atoms with Gasteiger partial charge in [-0.2, -0.15) is 37.0 Å². The van der Waals surface area contributed by atoms with E-state index in [4.69, 9.17) is 4.98 Å². The first-order valence-corrected chi connectivity index (χ1v) is 13.9. The number of benzene rings is 4. The van der Waals surface area contributed by atoms with Gasteiger partial charge < -0.3 is 14.2 Å². The summed E-state index contributed by atoms with van der Waals surface area (Å²) >= 11 is 0. The van der Waals surface area contributed by atoms with Crippen LogP contribution in [0.25, 0.3) is 38.6 Å². The summed E-state index contributed by atoms with van der Waals surface area (Å²) in [5, 5.41) is 3.52. The molecule has 0 radical (unpaired) electrons. The van der Waals surface area contributed by atoms with E-state index in [9.17, 15) is 0 Å². The van der Waals surface area contributed by atoms with Crippen LogP contribution in [0.1, 0.15) is 16.7 Å². The molecule has 1 aliphatic heterocycles. The number of nitrogens with zero attached hydrogens (tertiary/aromatic N) is 6. The van der Waals surface area contributed by atoms with Crippen LogP contribution in [-0.2, 0) is 20.1 Å². The maximum absolute atomic E-state index is 4.81. The average molecular weight is 738 g/mol. The first-order chi connectivity index (χ1) is 20.5. The number of hydrogen-bond donors (Lipinski definition) is 0. The minimum atomic E-state index is 0. The number of pyridine rings is 1. The third-order valence-corrected chi connectivity index (χ3v) is 7.77. The smallest absolute Gasteiger partial charge is 0.491 e. The number of rotatable bonds is 2. The molecule has 0 unspecified atom stereocenters. The first-order valence-electron chi connectivity index (χ1n) is 13.9. The molecule has 7 heteroatoms. The standard InChI is InChI=1S/C24H19N2.C12H10N4.Ir/c1-15-11-12-21-20(13-15)18-9-4-5-10-19(18)24-25-14-22(26(21)24)23-16(2)7-6-8-17(23)3;1-15-9-16(10-5-3-2-4-6-10)11-7-13-8-14-12(11)15;/h4-9,11-14H,1-3H3;2-5,7-9H,1H3;/q-1;-2;+3. The summed E-state index contributed by atoms with van der Waals surface area (Å²) in [5.74, 6) is 0.909. The van der Waals surface area contributed by atoms with E-state index < -0.39 is 0 Å². The van der Waals surface area contributed by atoms with Crippen molar-refractivity contribution in [2.24, 2.45) is 0 Å². The van der Waals surface area contributed by atoms with Crippen LogP contribution in [0.15, 0.2) is 97.6 Å².